The molecule has 0 saturated carbocycles. The molecule has 3 rings (SSSR count). The molecule has 0 heterocycles. The molecule has 0 aliphatic rings. The highest BCUT2D eigenvalue weighted by molar-refractivity contribution is 7.92. The molecule has 0 aliphatic heterocycles. The zero-order valence-corrected chi connectivity index (χ0v) is 25.6. The summed E-state index contributed by atoms with van der Waals surface area (Å²) in [6, 6.07) is 18.1. The summed E-state index contributed by atoms with van der Waals surface area (Å²) in [6.07, 6.45) is 1.03. The highest BCUT2D eigenvalue weighted by Gasteiger charge is 2.34. The number of carbonyl (C=O) groups excluding carboxylic acids is 2. The smallest absolute Gasteiger partial charge is 0.264 e. The van der Waals surface area contributed by atoms with Crippen LogP contribution in [0.4, 0.5) is 5.69 Å². The van der Waals surface area contributed by atoms with E-state index in [1.807, 2.05) is 13.8 Å². The molecule has 0 saturated heterocycles. The van der Waals surface area contributed by atoms with Crippen LogP contribution < -0.4 is 9.62 Å². The average molecular weight is 625 g/mol. The zero-order chi connectivity index (χ0) is 29.4. The molecule has 0 fully saturated rings. The van der Waals surface area contributed by atoms with Crippen LogP contribution in [0.5, 0.6) is 0 Å². The first kappa shape index (κ1) is 31.7. The molecule has 7 nitrogen and oxygen atoms in total. The van der Waals surface area contributed by atoms with E-state index in [2.05, 4.69) is 5.32 Å². The van der Waals surface area contributed by atoms with Gasteiger partial charge in [0.15, 0.2) is 0 Å². The van der Waals surface area contributed by atoms with E-state index in [-0.39, 0.29) is 39.1 Å². The molecule has 40 heavy (non-hydrogen) atoms. The second-order valence-corrected chi connectivity index (χ2v) is 12.5. The first-order valence-corrected chi connectivity index (χ1v) is 15.4. The molecular weight excluding hydrogens is 593 g/mol. The lowest BCUT2D eigenvalue weighted by molar-refractivity contribution is -0.140. The fourth-order valence-electron chi connectivity index (χ4n) is 4.08. The fourth-order valence-corrected chi connectivity index (χ4v) is 6.14. The SMILES string of the molecule is CC[C@H](C(=O)N[C@@H](C)CC)N(Cc1ccc(Cl)cc1)C(=O)CN(c1cc(Cl)cc(Cl)c1)S(=O)(=O)c1ccccc1. The molecule has 0 bridgehead atoms. The van der Waals surface area contributed by atoms with Crippen LogP contribution >= 0.6 is 34.8 Å². The van der Waals surface area contributed by atoms with Gasteiger partial charge in [-0.1, -0.05) is 79.0 Å². The lowest BCUT2D eigenvalue weighted by atomic mass is 10.1. The molecule has 0 unspecified atom stereocenters. The summed E-state index contributed by atoms with van der Waals surface area (Å²) in [5, 5.41) is 3.89. The van der Waals surface area contributed by atoms with Crippen LogP contribution in [0.1, 0.15) is 39.2 Å². The number of rotatable bonds is 12. The molecule has 0 radical (unpaired) electrons. The van der Waals surface area contributed by atoms with Crippen molar-refractivity contribution in [1.29, 1.82) is 0 Å². The van der Waals surface area contributed by atoms with Crippen molar-refractivity contribution in [2.75, 3.05) is 10.8 Å². The standard InChI is InChI=1S/C29H32Cl3N3O4S/c1-4-20(3)33-29(37)27(5-2)34(18-21-11-13-22(30)14-12-21)28(36)19-35(25-16-23(31)15-24(32)17-25)40(38,39)26-9-7-6-8-10-26/h6-17,20,27H,4-5,18-19H2,1-3H3,(H,33,37)/t20-,27+/m0/s1. The van der Waals surface area contributed by atoms with Crippen LogP contribution in [0.3, 0.4) is 0 Å². The topological polar surface area (TPSA) is 86.8 Å². The van der Waals surface area contributed by atoms with Gasteiger partial charge in [0.25, 0.3) is 10.0 Å². The third kappa shape index (κ3) is 8.13. The average Bonchev–Trinajstić information content (AvgIpc) is 2.92. The molecule has 3 aromatic carbocycles. The van der Waals surface area contributed by atoms with E-state index in [9.17, 15) is 18.0 Å². The molecule has 2 atom stereocenters. The Labute approximate surface area is 251 Å². The highest BCUT2D eigenvalue weighted by atomic mass is 35.5. The summed E-state index contributed by atoms with van der Waals surface area (Å²) in [6.45, 7) is 5.11. The van der Waals surface area contributed by atoms with Gasteiger partial charge in [-0.15, -0.1) is 0 Å². The second-order valence-electron chi connectivity index (χ2n) is 9.34. The van der Waals surface area contributed by atoms with E-state index in [0.717, 1.165) is 9.87 Å². The Morgan fingerprint density at radius 1 is 0.850 bits per heavy atom. The molecule has 11 heteroatoms. The van der Waals surface area contributed by atoms with E-state index in [4.69, 9.17) is 34.8 Å². The van der Waals surface area contributed by atoms with Crippen LogP contribution in [0.25, 0.3) is 0 Å². The van der Waals surface area contributed by atoms with Crippen molar-refractivity contribution in [1.82, 2.24) is 10.2 Å². The third-order valence-electron chi connectivity index (χ3n) is 6.40. The van der Waals surface area contributed by atoms with Crippen molar-refractivity contribution >= 4 is 62.3 Å². The minimum Gasteiger partial charge on any atom is -0.352 e. The predicted octanol–water partition coefficient (Wildman–Crippen LogP) is 6.56. The van der Waals surface area contributed by atoms with Crippen molar-refractivity contribution in [3.8, 4) is 0 Å². The number of nitrogens with one attached hydrogen (secondary N) is 1. The monoisotopic (exact) mass is 623 g/mol. The van der Waals surface area contributed by atoms with Gasteiger partial charge >= 0.3 is 0 Å². The predicted molar refractivity (Wildman–Crippen MR) is 161 cm³/mol. The van der Waals surface area contributed by atoms with Crippen LogP contribution in [-0.4, -0.2) is 43.8 Å². The van der Waals surface area contributed by atoms with E-state index < -0.39 is 28.5 Å². The Morgan fingerprint density at radius 2 is 1.45 bits per heavy atom. The number of hydrogen-bond donors (Lipinski definition) is 1. The largest absolute Gasteiger partial charge is 0.352 e. The van der Waals surface area contributed by atoms with Gasteiger partial charge in [0, 0.05) is 27.7 Å². The fraction of sp³-hybridized carbons (Fsp3) is 0.310. The summed E-state index contributed by atoms with van der Waals surface area (Å²) in [7, 11) is -4.22. The van der Waals surface area contributed by atoms with Gasteiger partial charge in [-0.05, 0) is 67.8 Å². The number of benzene rings is 3. The Hall–Kier alpha value is -2.78. The number of carbonyl (C=O) groups is 2. The summed E-state index contributed by atoms with van der Waals surface area (Å²) in [5.74, 6) is -0.890. The maximum atomic E-state index is 14.1. The van der Waals surface area contributed by atoms with Gasteiger partial charge in [-0.2, -0.15) is 0 Å². The van der Waals surface area contributed by atoms with Crippen LogP contribution in [0, 0.1) is 0 Å². The number of amides is 2. The summed E-state index contributed by atoms with van der Waals surface area (Å²) in [5.41, 5.74) is 0.856. The molecule has 3 aromatic rings. The summed E-state index contributed by atoms with van der Waals surface area (Å²) >= 11 is 18.5. The number of sulfonamides is 1. The molecule has 2 amide bonds. The normalized spacial score (nSPS) is 12.8. The highest BCUT2D eigenvalue weighted by Crippen LogP contribution is 2.30. The van der Waals surface area contributed by atoms with Gasteiger partial charge < -0.3 is 10.2 Å². The van der Waals surface area contributed by atoms with Crippen molar-refractivity contribution in [2.45, 2.75) is 57.1 Å². The first-order valence-electron chi connectivity index (χ1n) is 12.8. The number of nitrogens with zero attached hydrogens (tertiary/aromatic N) is 2. The van der Waals surface area contributed by atoms with Crippen molar-refractivity contribution in [2.24, 2.45) is 0 Å². The van der Waals surface area contributed by atoms with Crippen LogP contribution in [0.2, 0.25) is 15.1 Å². The maximum absolute atomic E-state index is 14.1. The Morgan fingerprint density at radius 3 is 2.00 bits per heavy atom. The summed E-state index contributed by atoms with van der Waals surface area (Å²) in [4.78, 5) is 28.8. The minimum absolute atomic E-state index is 0.00953. The second kappa shape index (κ2) is 14.2. The molecule has 1 N–H and O–H groups in total. The molecular formula is C29H32Cl3N3O4S. The Balaban J connectivity index is 2.07. The van der Waals surface area contributed by atoms with Gasteiger partial charge in [0.05, 0.1) is 10.6 Å². The van der Waals surface area contributed by atoms with Crippen molar-refractivity contribution in [3.63, 3.8) is 0 Å². The van der Waals surface area contributed by atoms with Crippen molar-refractivity contribution in [3.05, 3.63) is 93.4 Å². The molecule has 214 valence electrons. The van der Waals surface area contributed by atoms with Gasteiger partial charge in [0.2, 0.25) is 11.8 Å². The van der Waals surface area contributed by atoms with Gasteiger partial charge in [0.1, 0.15) is 12.6 Å². The number of hydrogen-bond acceptors (Lipinski definition) is 4. The van der Waals surface area contributed by atoms with E-state index in [0.29, 0.717) is 17.9 Å². The number of halogens is 3. The maximum Gasteiger partial charge on any atom is 0.264 e. The lowest BCUT2D eigenvalue weighted by Gasteiger charge is -2.33. The Kier molecular flexibility index (Phi) is 11.3. The molecule has 0 aromatic heterocycles. The Bertz CT molecular complexity index is 1400. The molecule has 0 aliphatic carbocycles. The summed E-state index contributed by atoms with van der Waals surface area (Å²) < 4.78 is 28.7. The quantitative estimate of drug-likeness (QED) is 0.247. The van der Waals surface area contributed by atoms with Crippen LogP contribution in [-0.2, 0) is 26.2 Å². The van der Waals surface area contributed by atoms with Gasteiger partial charge in [-0.3, -0.25) is 13.9 Å². The number of anilines is 1. The van der Waals surface area contributed by atoms with Crippen molar-refractivity contribution < 1.29 is 18.0 Å². The van der Waals surface area contributed by atoms with Crippen LogP contribution in [0.15, 0.2) is 77.7 Å². The first-order chi connectivity index (χ1) is 19.0. The third-order valence-corrected chi connectivity index (χ3v) is 8.87. The zero-order valence-electron chi connectivity index (χ0n) is 22.5. The van der Waals surface area contributed by atoms with Gasteiger partial charge in [-0.25, -0.2) is 8.42 Å². The van der Waals surface area contributed by atoms with E-state index in [1.165, 1.54) is 35.2 Å². The van der Waals surface area contributed by atoms with E-state index >= 15 is 0 Å². The van der Waals surface area contributed by atoms with E-state index in [1.54, 1.807) is 49.4 Å². The molecule has 0 spiro atoms. The minimum atomic E-state index is -4.22. The lowest BCUT2D eigenvalue weighted by Crippen LogP contribution is -2.53.